The van der Waals surface area contributed by atoms with Gasteiger partial charge in [-0.15, -0.1) is 9.24 Å². The fraction of sp³-hybridized carbons (Fsp3) is 1.00. The van der Waals surface area contributed by atoms with Crippen LogP contribution in [-0.4, -0.2) is 6.66 Å². The van der Waals surface area contributed by atoms with Gasteiger partial charge in [0.15, 0.2) is 0 Å². The van der Waals surface area contributed by atoms with Crippen LogP contribution in [0.25, 0.3) is 0 Å². The summed E-state index contributed by atoms with van der Waals surface area (Å²) in [5.41, 5.74) is 0. The van der Waals surface area contributed by atoms with E-state index in [1.165, 1.54) is 6.42 Å². The zero-order valence-corrected chi connectivity index (χ0v) is 5.44. The molecule has 0 aromatic heterocycles. The topological polar surface area (TPSA) is 0 Å². The van der Waals surface area contributed by atoms with Crippen LogP contribution in [0.5, 0.6) is 0 Å². The van der Waals surface area contributed by atoms with Gasteiger partial charge in [-0.25, -0.2) is 0 Å². The minimum atomic E-state index is 1.25. The maximum absolute atomic E-state index is 2.42. The van der Waals surface area contributed by atoms with Gasteiger partial charge in [0.2, 0.25) is 0 Å². The summed E-state index contributed by atoms with van der Waals surface area (Å²) in [6.45, 7) is 6.17. The standard InChI is InChI=1S/C3H8.CH5P/c1-3-2;1-2/h3H2,1-2H3;2H2,1H3. The molecule has 0 nitrogen and oxygen atoms in total. The van der Waals surface area contributed by atoms with Gasteiger partial charge >= 0.3 is 0 Å². The third-order valence-electron chi connectivity index (χ3n) is 0. The van der Waals surface area contributed by atoms with E-state index in [2.05, 4.69) is 23.1 Å². The minimum Gasteiger partial charge on any atom is -0.141 e. The van der Waals surface area contributed by atoms with E-state index in [4.69, 9.17) is 0 Å². The molecule has 0 bridgehead atoms. The van der Waals surface area contributed by atoms with Crippen molar-refractivity contribution in [2.24, 2.45) is 0 Å². The molecule has 0 aromatic rings. The Balaban J connectivity index is 0. The lowest BCUT2D eigenvalue weighted by atomic mass is 10.6. The van der Waals surface area contributed by atoms with E-state index in [0.29, 0.717) is 0 Å². The second-order valence-electron chi connectivity index (χ2n) is 0.707. The molecule has 0 saturated carbocycles. The molecular weight excluding hydrogens is 79.0 g/mol. The maximum atomic E-state index is 2.42. The molecule has 0 aromatic carbocycles. The van der Waals surface area contributed by atoms with E-state index in [0.717, 1.165) is 0 Å². The van der Waals surface area contributed by atoms with Gasteiger partial charge in [0.1, 0.15) is 0 Å². The summed E-state index contributed by atoms with van der Waals surface area (Å²) in [7, 11) is 2.42. The van der Waals surface area contributed by atoms with Crippen molar-refractivity contribution < 1.29 is 0 Å². The van der Waals surface area contributed by atoms with Crippen molar-refractivity contribution in [2.75, 3.05) is 6.66 Å². The molecule has 0 radical (unpaired) electrons. The summed E-state index contributed by atoms with van der Waals surface area (Å²) in [6, 6.07) is 0. The fourth-order valence-corrected chi connectivity index (χ4v) is 0. The van der Waals surface area contributed by atoms with Gasteiger partial charge in [-0.3, -0.25) is 0 Å². The van der Waals surface area contributed by atoms with Crippen molar-refractivity contribution in [3.05, 3.63) is 0 Å². The van der Waals surface area contributed by atoms with Gasteiger partial charge in [0.25, 0.3) is 0 Å². The predicted octanol–water partition coefficient (Wildman–Crippen LogP) is 1.91. The van der Waals surface area contributed by atoms with Gasteiger partial charge in [-0.1, -0.05) is 26.9 Å². The highest BCUT2D eigenvalue weighted by molar-refractivity contribution is 7.15. The molecule has 0 spiro atoms. The van der Waals surface area contributed by atoms with E-state index < -0.39 is 0 Å². The fourth-order valence-electron chi connectivity index (χ4n) is 0. The van der Waals surface area contributed by atoms with Gasteiger partial charge < -0.3 is 0 Å². The third kappa shape index (κ3) is 141. The molecule has 5 heavy (non-hydrogen) atoms. The summed E-state index contributed by atoms with van der Waals surface area (Å²) in [6.07, 6.45) is 1.25. The zero-order valence-electron chi connectivity index (χ0n) is 4.28. The second kappa shape index (κ2) is 25.5. The maximum Gasteiger partial charge on any atom is -0.0500 e. The molecule has 0 aliphatic rings. The zero-order chi connectivity index (χ0) is 4.71. The molecule has 0 amide bonds. The van der Waals surface area contributed by atoms with Gasteiger partial charge in [0, 0.05) is 0 Å². The Labute approximate surface area is 37.2 Å². The first-order chi connectivity index (χ1) is 2.41. The quantitative estimate of drug-likeness (QED) is 0.400. The number of hydrogen-bond donors (Lipinski definition) is 0. The van der Waals surface area contributed by atoms with Crippen LogP contribution in [0.3, 0.4) is 0 Å². The van der Waals surface area contributed by atoms with E-state index >= 15 is 0 Å². The summed E-state index contributed by atoms with van der Waals surface area (Å²) >= 11 is 0. The Morgan fingerprint density at radius 1 is 1.20 bits per heavy atom. The highest BCUT2D eigenvalue weighted by Crippen LogP contribution is 1.56. The average Bonchev–Trinajstić information content (AvgIpc) is 1.46. The van der Waals surface area contributed by atoms with Crippen molar-refractivity contribution in [2.45, 2.75) is 20.3 Å². The molecule has 1 unspecified atom stereocenters. The molecule has 0 fully saturated rings. The van der Waals surface area contributed by atoms with Crippen LogP contribution < -0.4 is 0 Å². The second-order valence-corrected chi connectivity index (χ2v) is 0.707. The summed E-state index contributed by atoms with van der Waals surface area (Å²) < 4.78 is 0. The summed E-state index contributed by atoms with van der Waals surface area (Å²) in [5, 5.41) is 0. The molecule has 0 aliphatic heterocycles. The highest BCUT2D eigenvalue weighted by atomic mass is 31.0. The van der Waals surface area contributed by atoms with Gasteiger partial charge in [0.05, 0.1) is 0 Å². The molecule has 0 aliphatic carbocycles. The SMILES string of the molecule is CCC.CP. The average molecular weight is 92.1 g/mol. The van der Waals surface area contributed by atoms with Crippen molar-refractivity contribution >= 4 is 9.24 Å². The third-order valence-corrected chi connectivity index (χ3v) is 0. The Hall–Kier alpha value is 0.430. The van der Waals surface area contributed by atoms with Gasteiger partial charge in [-0.2, -0.15) is 0 Å². The van der Waals surface area contributed by atoms with Crippen molar-refractivity contribution in [1.82, 2.24) is 0 Å². The van der Waals surface area contributed by atoms with E-state index in [9.17, 15) is 0 Å². The van der Waals surface area contributed by atoms with Gasteiger partial charge in [-0.05, 0) is 0 Å². The smallest absolute Gasteiger partial charge is 0.0500 e. The monoisotopic (exact) mass is 92.1 g/mol. The first-order valence-corrected chi connectivity index (χ1v) is 3.15. The lowest BCUT2D eigenvalue weighted by Crippen LogP contribution is -1.27. The van der Waals surface area contributed by atoms with Crippen LogP contribution in [0.1, 0.15) is 20.3 Å². The molecule has 0 rings (SSSR count). The predicted molar refractivity (Wildman–Crippen MR) is 31.6 cm³/mol. The van der Waals surface area contributed by atoms with E-state index in [1.54, 1.807) is 0 Å². The minimum absolute atomic E-state index is 1.25. The van der Waals surface area contributed by atoms with Crippen LogP contribution in [0.15, 0.2) is 0 Å². The Morgan fingerprint density at radius 2 is 1.20 bits per heavy atom. The van der Waals surface area contributed by atoms with Crippen LogP contribution >= 0.6 is 9.24 Å². The molecule has 1 atom stereocenters. The molecular formula is C4H13P. The molecule has 34 valence electrons. The molecule has 0 N–H and O–H groups in total. The van der Waals surface area contributed by atoms with Crippen LogP contribution in [0, 0.1) is 0 Å². The van der Waals surface area contributed by atoms with E-state index in [-0.39, 0.29) is 0 Å². The Bertz CT molecular complexity index is 3.61. The van der Waals surface area contributed by atoms with Crippen LogP contribution in [0.2, 0.25) is 0 Å². The molecule has 0 saturated heterocycles. The van der Waals surface area contributed by atoms with Crippen molar-refractivity contribution in [3.63, 3.8) is 0 Å². The largest absolute Gasteiger partial charge is 0.141 e. The molecule has 1 heteroatoms. The summed E-state index contributed by atoms with van der Waals surface area (Å²) in [5.74, 6) is 0. The lowest BCUT2D eigenvalue weighted by Gasteiger charge is -1.48. The number of rotatable bonds is 0. The normalized spacial score (nSPS) is 4.80. The van der Waals surface area contributed by atoms with Crippen molar-refractivity contribution in [3.8, 4) is 0 Å². The lowest BCUT2D eigenvalue weighted by molar-refractivity contribution is 1.09. The Kier molecular flexibility index (Phi) is 46.2. The van der Waals surface area contributed by atoms with Crippen molar-refractivity contribution in [1.29, 1.82) is 0 Å². The van der Waals surface area contributed by atoms with Crippen LogP contribution in [0.4, 0.5) is 0 Å². The van der Waals surface area contributed by atoms with E-state index in [1.807, 2.05) is 6.66 Å². The summed E-state index contributed by atoms with van der Waals surface area (Å²) in [4.78, 5) is 0. The first-order valence-electron chi connectivity index (χ1n) is 1.99. The Morgan fingerprint density at radius 3 is 1.20 bits per heavy atom. The highest BCUT2D eigenvalue weighted by Gasteiger charge is 1.35. The number of hydrogen-bond acceptors (Lipinski definition) is 0. The first kappa shape index (κ1) is 9.06. The molecule has 0 heterocycles. The van der Waals surface area contributed by atoms with Crippen LogP contribution in [-0.2, 0) is 0 Å².